The quantitative estimate of drug-likeness (QED) is 0.669. The van der Waals surface area contributed by atoms with Crippen LogP contribution in [0.25, 0.3) is 0 Å². The van der Waals surface area contributed by atoms with Crippen molar-refractivity contribution in [3.05, 3.63) is 27.3 Å². The first kappa shape index (κ1) is 10.8. The molecule has 0 spiro atoms. The van der Waals surface area contributed by atoms with E-state index >= 15 is 0 Å². The molecule has 2 heteroatoms. The van der Waals surface area contributed by atoms with Gasteiger partial charge in [0.1, 0.15) is 0 Å². The van der Waals surface area contributed by atoms with Gasteiger partial charge in [-0.2, -0.15) is 0 Å². The van der Waals surface area contributed by atoms with Gasteiger partial charge in [0.05, 0.1) is 0 Å². The van der Waals surface area contributed by atoms with Crippen LogP contribution in [0.3, 0.4) is 0 Å². The standard InChI is InChI=1S/C11H16IN/c1-8(2)3-4-9-5-6-10(13)7-11(9)12/h5-8H,3-4,13H2,1-2H3. The molecule has 0 heterocycles. The minimum absolute atomic E-state index is 0.772. The van der Waals surface area contributed by atoms with E-state index in [9.17, 15) is 0 Å². The summed E-state index contributed by atoms with van der Waals surface area (Å²) < 4.78 is 1.29. The minimum Gasteiger partial charge on any atom is -0.399 e. The van der Waals surface area contributed by atoms with Crippen molar-refractivity contribution in [1.82, 2.24) is 0 Å². The molecular formula is C11H16IN. The zero-order chi connectivity index (χ0) is 9.84. The van der Waals surface area contributed by atoms with Gasteiger partial charge in [0.2, 0.25) is 0 Å². The summed E-state index contributed by atoms with van der Waals surface area (Å²) in [6.07, 6.45) is 2.41. The zero-order valence-electron chi connectivity index (χ0n) is 8.18. The van der Waals surface area contributed by atoms with Crippen LogP contribution >= 0.6 is 22.6 Å². The van der Waals surface area contributed by atoms with Crippen LogP contribution in [-0.2, 0) is 6.42 Å². The Labute approximate surface area is 93.9 Å². The monoisotopic (exact) mass is 289 g/mol. The van der Waals surface area contributed by atoms with Crippen LogP contribution in [0.4, 0.5) is 5.69 Å². The third-order valence-electron chi connectivity index (χ3n) is 2.07. The van der Waals surface area contributed by atoms with Gasteiger partial charge in [-0.05, 0) is 59.0 Å². The molecule has 0 unspecified atom stereocenters. The van der Waals surface area contributed by atoms with E-state index in [2.05, 4.69) is 42.5 Å². The highest BCUT2D eigenvalue weighted by molar-refractivity contribution is 14.1. The van der Waals surface area contributed by atoms with Crippen LogP contribution in [0.2, 0.25) is 0 Å². The molecule has 0 aromatic heterocycles. The maximum absolute atomic E-state index is 5.68. The molecule has 0 atom stereocenters. The van der Waals surface area contributed by atoms with E-state index in [0.29, 0.717) is 0 Å². The molecule has 0 aliphatic heterocycles. The van der Waals surface area contributed by atoms with Crippen molar-refractivity contribution in [1.29, 1.82) is 0 Å². The Balaban J connectivity index is 2.67. The van der Waals surface area contributed by atoms with Gasteiger partial charge in [0, 0.05) is 9.26 Å². The summed E-state index contributed by atoms with van der Waals surface area (Å²) >= 11 is 2.35. The van der Waals surface area contributed by atoms with Crippen molar-refractivity contribution in [2.75, 3.05) is 5.73 Å². The Morgan fingerprint density at radius 3 is 2.62 bits per heavy atom. The average Bonchev–Trinajstić information content (AvgIpc) is 2.02. The second kappa shape index (κ2) is 4.84. The maximum Gasteiger partial charge on any atom is 0.0324 e. The summed E-state index contributed by atoms with van der Waals surface area (Å²) in [4.78, 5) is 0. The molecule has 1 rings (SSSR count). The normalized spacial score (nSPS) is 10.8. The number of hydrogen-bond donors (Lipinski definition) is 1. The molecule has 72 valence electrons. The first-order chi connectivity index (χ1) is 6.09. The molecule has 1 aromatic carbocycles. The summed E-state index contributed by atoms with van der Waals surface area (Å²) in [7, 11) is 0. The largest absolute Gasteiger partial charge is 0.399 e. The Hall–Kier alpha value is -0.250. The van der Waals surface area contributed by atoms with Gasteiger partial charge in [-0.1, -0.05) is 19.9 Å². The average molecular weight is 289 g/mol. The molecule has 1 nitrogen and oxygen atoms in total. The van der Waals surface area contributed by atoms with Gasteiger partial charge in [-0.25, -0.2) is 0 Å². The molecule has 0 aliphatic carbocycles. The van der Waals surface area contributed by atoms with Gasteiger partial charge >= 0.3 is 0 Å². The van der Waals surface area contributed by atoms with E-state index in [1.165, 1.54) is 15.6 Å². The van der Waals surface area contributed by atoms with E-state index in [0.717, 1.165) is 18.0 Å². The fourth-order valence-corrected chi connectivity index (χ4v) is 2.02. The van der Waals surface area contributed by atoms with Crippen LogP contribution in [0, 0.1) is 9.49 Å². The van der Waals surface area contributed by atoms with Gasteiger partial charge in [0.25, 0.3) is 0 Å². The van der Waals surface area contributed by atoms with Crippen molar-refractivity contribution >= 4 is 28.3 Å². The number of nitrogen functional groups attached to an aromatic ring is 1. The van der Waals surface area contributed by atoms with Crippen molar-refractivity contribution in [2.24, 2.45) is 5.92 Å². The number of halogens is 1. The number of anilines is 1. The summed E-state index contributed by atoms with van der Waals surface area (Å²) in [6, 6.07) is 6.16. The highest BCUT2D eigenvalue weighted by atomic mass is 127. The molecule has 2 N–H and O–H groups in total. The van der Waals surface area contributed by atoms with E-state index in [-0.39, 0.29) is 0 Å². The lowest BCUT2D eigenvalue weighted by Gasteiger charge is -2.07. The molecular weight excluding hydrogens is 273 g/mol. The summed E-state index contributed by atoms with van der Waals surface area (Å²) in [5.74, 6) is 0.772. The minimum atomic E-state index is 0.772. The fourth-order valence-electron chi connectivity index (χ4n) is 1.21. The Morgan fingerprint density at radius 1 is 1.38 bits per heavy atom. The predicted molar refractivity (Wildman–Crippen MR) is 66.7 cm³/mol. The van der Waals surface area contributed by atoms with Gasteiger partial charge in [-0.3, -0.25) is 0 Å². The second-order valence-electron chi connectivity index (χ2n) is 3.78. The fraction of sp³-hybridized carbons (Fsp3) is 0.455. The number of rotatable bonds is 3. The number of nitrogens with two attached hydrogens (primary N) is 1. The highest BCUT2D eigenvalue weighted by Gasteiger charge is 2.01. The lowest BCUT2D eigenvalue weighted by Crippen LogP contribution is -1.95. The predicted octanol–water partition coefficient (Wildman–Crippen LogP) is 3.46. The summed E-state index contributed by atoms with van der Waals surface area (Å²) in [6.45, 7) is 4.51. The lowest BCUT2D eigenvalue weighted by molar-refractivity contribution is 0.586. The van der Waals surface area contributed by atoms with Crippen LogP contribution in [0.5, 0.6) is 0 Å². The smallest absolute Gasteiger partial charge is 0.0324 e. The highest BCUT2D eigenvalue weighted by Crippen LogP contribution is 2.18. The van der Waals surface area contributed by atoms with E-state index < -0.39 is 0 Å². The number of benzene rings is 1. The second-order valence-corrected chi connectivity index (χ2v) is 4.95. The van der Waals surface area contributed by atoms with Crippen molar-refractivity contribution < 1.29 is 0 Å². The molecule has 0 amide bonds. The van der Waals surface area contributed by atoms with Crippen molar-refractivity contribution in [2.45, 2.75) is 26.7 Å². The van der Waals surface area contributed by atoms with E-state index in [1.807, 2.05) is 12.1 Å². The molecule has 0 bridgehead atoms. The third-order valence-corrected chi connectivity index (χ3v) is 3.07. The van der Waals surface area contributed by atoms with E-state index in [1.54, 1.807) is 0 Å². The summed E-state index contributed by atoms with van der Waals surface area (Å²) in [5.41, 5.74) is 7.96. The van der Waals surface area contributed by atoms with Crippen molar-refractivity contribution in [3.8, 4) is 0 Å². The topological polar surface area (TPSA) is 26.0 Å². The first-order valence-electron chi connectivity index (χ1n) is 4.63. The lowest BCUT2D eigenvalue weighted by atomic mass is 10.0. The summed E-state index contributed by atoms with van der Waals surface area (Å²) in [5, 5.41) is 0. The molecule has 0 fully saturated rings. The SMILES string of the molecule is CC(C)CCc1ccc(N)cc1I. The molecule has 13 heavy (non-hydrogen) atoms. The van der Waals surface area contributed by atoms with Gasteiger partial charge in [0.15, 0.2) is 0 Å². The molecule has 0 radical (unpaired) electrons. The maximum atomic E-state index is 5.68. The third kappa shape index (κ3) is 3.55. The van der Waals surface area contributed by atoms with E-state index in [4.69, 9.17) is 5.73 Å². The molecule has 0 saturated heterocycles. The molecule has 0 aliphatic rings. The first-order valence-corrected chi connectivity index (χ1v) is 5.71. The Bertz CT molecular complexity index is 281. The number of hydrogen-bond acceptors (Lipinski definition) is 1. The van der Waals surface area contributed by atoms with Gasteiger partial charge in [-0.15, -0.1) is 0 Å². The Morgan fingerprint density at radius 2 is 2.08 bits per heavy atom. The van der Waals surface area contributed by atoms with Crippen LogP contribution < -0.4 is 5.73 Å². The molecule has 1 aromatic rings. The van der Waals surface area contributed by atoms with Gasteiger partial charge < -0.3 is 5.73 Å². The van der Waals surface area contributed by atoms with Crippen molar-refractivity contribution in [3.63, 3.8) is 0 Å². The number of aryl methyl sites for hydroxylation is 1. The van der Waals surface area contributed by atoms with Crippen LogP contribution in [-0.4, -0.2) is 0 Å². The zero-order valence-corrected chi connectivity index (χ0v) is 10.3. The van der Waals surface area contributed by atoms with Crippen LogP contribution in [0.15, 0.2) is 18.2 Å². The molecule has 0 saturated carbocycles. The van der Waals surface area contributed by atoms with Crippen LogP contribution in [0.1, 0.15) is 25.8 Å². The Kier molecular flexibility index (Phi) is 4.03.